The monoisotopic (exact) mass is 282 g/mol. The van der Waals surface area contributed by atoms with Crippen LogP contribution in [-0.4, -0.2) is 0 Å². The fourth-order valence-corrected chi connectivity index (χ4v) is 2.87. The van der Waals surface area contributed by atoms with Gasteiger partial charge in [0, 0.05) is 0 Å². The Hall–Kier alpha value is -1.56. The molecule has 1 rings (SSSR count). The molecular weight excluding hydrogens is 252 g/mol. The first kappa shape index (κ1) is 17.5. The van der Waals surface area contributed by atoms with Gasteiger partial charge >= 0.3 is 0 Å². The highest BCUT2D eigenvalue weighted by molar-refractivity contribution is 5.37. The molecule has 0 saturated heterocycles. The van der Waals surface area contributed by atoms with E-state index in [1.807, 2.05) is 12.2 Å². The maximum absolute atomic E-state index is 3.70. The zero-order valence-corrected chi connectivity index (χ0v) is 14.4. The molecule has 1 aliphatic carbocycles. The summed E-state index contributed by atoms with van der Waals surface area (Å²) in [6.07, 6.45) is 18.6. The van der Waals surface area contributed by atoms with Gasteiger partial charge in [0.15, 0.2) is 0 Å². The average Bonchev–Trinajstić information content (AvgIpc) is 2.37. The van der Waals surface area contributed by atoms with Crippen LogP contribution in [0.25, 0.3) is 0 Å². The zero-order valence-electron chi connectivity index (χ0n) is 14.4. The Kier molecular flexibility index (Phi) is 6.68. The van der Waals surface area contributed by atoms with Gasteiger partial charge in [-0.05, 0) is 51.0 Å². The quantitative estimate of drug-likeness (QED) is 0.492. The minimum Gasteiger partial charge on any atom is -0.0991 e. The zero-order chi connectivity index (χ0) is 15.9. The van der Waals surface area contributed by atoms with Crippen molar-refractivity contribution in [3.05, 3.63) is 71.4 Å². The largest absolute Gasteiger partial charge is 0.0991 e. The predicted molar refractivity (Wildman–Crippen MR) is 96.3 cm³/mol. The van der Waals surface area contributed by atoms with E-state index in [-0.39, 0.29) is 0 Å². The van der Waals surface area contributed by atoms with Crippen molar-refractivity contribution in [3.8, 4) is 0 Å². The first-order valence-electron chi connectivity index (χ1n) is 7.89. The van der Waals surface area contributed by atoms with Crippen LogP contribution in [0.3, 0.4) is 0 Å². The number of hydrogen-bond acceptors (Lipinski definition) is 0. The number of hydrogen-bond donors (Lipinski definition) is 0. The summed E-state index contributed by atoms with van der Waals surface area (Å²) in [7, 11) is 0. The van der Waals surface area contributed by atoms with Gasteiger partial charge in [-0.2, -0.15) is 0 Å². The standard InChI is InChI=1S/C21H30/c1-7-10-17(2)11-8-12-18(3)14-15-20-19(4)13-9-16-21(20,5)6/h7-8,10-12,14-15H,1,9,13,16H2,2-6H3. The number of rotatable bonds is 5. The molecule has 0 bridgehead atoms. The van der Waals surface area contributed by atoms with E-state index in [0.717, 1.165) is 0 Å². The first-order chi connectivity index (χ1) is 9.86. The third-order valence-electron chi connectivity index (χ3n) is 4.15. The molecule has 0 amide bonds. The van der Waals surface area contributed by atoms with E-state index >= 15 is 0 Å². The van der Waals surface area contributed by atoms with Crippen molar-refractivity contribution in [3.63, 3.8) is 0 Å². The van der Waals surface area contributed by atoms with E-state index in [1.165, 1.54) is 36.0 Å². The molecule has 0 saturated carbocycles. The maximum Gasteiger partial charge on any atom is -0.0104 e. The summed E-state index contributed by atoms with van der Waals surface area (Å²) in [6.45, 7) is 14.9. The van der Waals surface area contributed by atoms with Gasteiger partial charge < -0.3 is 0 Å². The molecule has 0 nitrogen and oxygen atoms in total. The van der Waals surface area contributed by atoms with Gasteiger partial charge in [-0.15, -0.1) is 0 Å². The molecular formula is C21H30. The van der Waals surface area contributed by atoms with Gasteiger partial charge in [0.25, 0.3) is 0 Å². The van der Waals surface area contributed by atoms with Gasteiger partial charge in [-0.1, -0.05) is 79.7 Å². The molecule has 0 spiro atoms. The molecule has 0 aliphatic heterocycles. The van der Waals surface area contributed by atoms with E-state index in [2.05, 4.69) is 71.6 Å². The molecule has 0 N–H and O–H groups in total. The average molecular weight is 282 g/mol. The highest BCUT2D eigenvalue weighted by Gasteiger charge is 2.26. The van der Waals surface area contributed by atoms with Crippen molar-refractivity contribution in [1.29, 1.82) is 0 Å². The lowest BCUT2D eigenvalue weighted by Crippen LogP contribution is -2.19. The smallest absolute Gasteiger partial charge is 0.0104 e. The van der Waals surface area contributed by atoms with Crippen LogP contribution in [-0.2, 0) is 0 Å². The van der Waals surface area contributed by atoms with Crippen molar-refractivity contribution in [2.75, 3.05) is 0 Å². The van der Waals surface area contributed by atoms with Crippen LogP contribution >= 0.6 is 0 Å². The lowest BCUT2D eigenvalue weighted by Gasteiger charge is -2.32. The Morgan fingerprint density at radius 3 is 2.38 bits per heavy atom. The van der Waals surface area contributed by atoms with E-state index in [4.69, 9.17) is 0 Å². The van der Waals surface area contributed by atoms with Crippen LogP contribution in [0.2, 0.25) is 0 Å². The SMILES string of the molecule is C=CC=C(C)C=CC=C(C)C=CC1=C(C)CCCC1(C)C. The second-order valence-corrected chi connectivity index (χ2v) is 6.68. The summed E-state index contributed by atoms with van der Waals surface area (Å²) in [5, 5.41) is 0. The fraction of sp³-hybridized carbons (Fsp3) is 0.429. The van der Waals surface area contributed by atoms with Crippen LogP contribution in [0.4, 0.5) is 0 Å². The summed E-state index contributed by atoms with van der Waals surface area (Å²) in [5.41, 5.74) is 5.88. The molecule has 0 unspecified atom stereocenters. The molecule has 0 radical (unpaired) electrons. The fourth-order valence-electron chi connectivity index (χ4n) is 2.87. The molecule has 0 aromatic rings. The Morgan fingerprint density at radius 1 is 1.10 bits per heavy atom. The van der Waals surface area contributed by atoms with Crippen LogP contribution in [0, 0.1) is 5.41 Å². The van der Waals surface area contributed by atoms with Crippen molar-refractivity contribution in [2.45, 2.75) is 53.9 Å². The van der Waals surface area contributed by atoms with Crippen LogP contribution in [0.5, 0.6) is 0 Å². The molecule has 0 aromatic heterocycles. The number of allylic oxidation sites excluding steroid dienone is 11. The topological polar surface area (TPSA) is 0 Å². The summed E-state index contributed by atoms with van der Waals surface area (Å²) in [4.78, 5) is 0. The molecule has 21 heavy (non-hydrogen) atoms. The molecule has 0 heteroatoms. The van der Waals surface area contributed by atoms with E-state index in [0.29, 0.717) is 5.41 Å². The molecule has 0 fully saturated rings. The summed E-state index contributed by atoms with van der Waals surface area (Å²) in [6, 6.07) is 0. The Morgan fingerprint density at radius 2 is 1.76 bits per heavy atom. The van der Waals surface area contributed by atoms with Gasteiger partial charge in [0.1, 0.15) is 0 Å². The Bertz CT molecular complexity index is 516. The second kappa shape index (κ2) is 8.02. The van der Waals surface area contributed by atoms with Crippen LogP contribution < -0.4 is 0 Å². The molecule has 1 aliphatic rings. The van der Waals surface area contributed by atoms with Crippen molar-refractivity contribution < 1.29 is 0 Å². The molecule has 0 heterocycles. The second-order valence-electron chi connectivity index (χ2n) is 6.68. The van der Waals surface area contributed by atoms with Gasteiger partial charge in [-0.3, -0.25) is 0 Å². The minimum atomic E-state index is 0.318. The molecule has 0 atom stereocenters. The highest BCUT2D eigenvalue weighted by Crippen LogP contribution is 2.40. The van der Waals surface area contributed by atoms with E-state index in [1.54, 1.807) is 5.57 Å². The molecule has 114 valence electrons. The van der Waals surface area contributed by atoms with Crippen LogP contribution in [0.15, 0.2) is 71.4 Å². The third-order valence-corrected chi connectivity index (χ3v) is 4.15. The maximum atomic E-state index is 3.70. The van der Waals surface area contributed by atoms with Crippen molar-refractivity contribution in [2.24, 2.45) is 5.41 Å². The summed E-state index contributed by atoms with van der Waals surface area (Å²) in [5.74, 6) is 0. The van der Waals surface area contributed by atoms with Crippen molar-refractivity contribution >= 4 is 0 Å². The van der Waals surface area contributed by atoms with Gasteiger partial charge in [-0.25, -0.2) is 0 Å². The van der Waals surface area contributed by atoms with Gasteiger partial charge in [0.2, 0.25) is 0 Å². The lowest BCUT2D eigenvalue weighted by molar-refractivity contribution is 0.377. The highest BCUT2D eigenvalue weighted by atomic mass is 14.3. The van der Waals surface area contributed by atoms with Crippen molar-refractivity contribution in [1.82, 2.24) is 0 Å². The first-order valence-corrected chi connectivity index (χ1v) is 7.89. The third kappa shape index (κ3) is 5.75. The Balaban J connectivity index is 2.80. The predicted octanol–water partition coefficient (Wildman–Crippen LogP) is 6.70. The lowest BCUT2D eigenvalue weighted by atomic mass is 9.72. The molecule has 0 aromatic carbocycles. The van der Waals surface area contributed by atoms with Crippen LogP contribution in [0.1, 0.15) is 53.9 Å². The minimum absolute atomic E-state index is 0.318. The summed E-state index contributed by atoms with van der Waals surface area (Å²) >= 11 is 0. The summed E-state index contributed by atoms with van der Waals surface area (Å²) < 4.78 is 0. The van der Waals surface area contributed by atoms with E-state index in [9.17, 15) is 0 Å². The van der Waals surface area contributed by atoms with Gasteiger partial charge in [0.05, 0.1) is 0 Å². The van der Waals surface area contributed by atoms with E-state index < -0.39 is 0 Å². The Labute approximate surface area is 131 Å². The normalized spacial score (nSPS) is 20.6.